The second-order valence-electron chi connectivity index (χ2n) is 8.34. The van der Waals surface area contributed by atoms with Crippen molar-refractivity contribution in [3.63, 3.8) is 0 Å². The number of carbonyl (C=O) groups is 1. The summed E-state index contributed by atoms with van der Waals surface area (Å²) in [7, 11) is 3.69. The van der Waals surface area contributed by atoms with Crippen molar-refractivity contribution in [1.29, 1.82) is 0 Å². The summed E-state index contributed by atoms with van der Waals surface area (Å²) in [6, 6.07) is 3.76. The normalized spacial score (nSPS) is 15.8. The van der Waals surface area contributed by atoms with Gasteiger partial charge in [-0.25, -0.2) is 22.9 Å². The second kappa shape index (κ2) is 9.77. The van der Waals surface area contributed by atoms with Gasteiger partial charge in [0.2, 0.25) is 5.43 Å². The molecule has 2 aromatic heterocycles. The molecule has 3 aromatic rings. The number of anilines is 1. The number of nitrogens with zero attached hydrogens (tertiary/aromatic N) is 5. The molecule has 0 radical (unpaired) electrons. The van der Waals surface area contributed by atoms with Gasteiger partial charge in [0.1, 0.15) is 17.2 Å². The van der Waals surface area contributed by atoms with Gasteiger partial charge in [-0.05, 0) is 31.5 Å². The van der Waals surface area contributed by atoms with Crippen LogP contribution in [-0.4, -0.2) is 66.6 Å². The predicted molar refractivity (Wildman–Crippen MR) is 126 cm³/mol. The molecule has 1 aliphatic rings. The number of esters is 1. The van der Waals surface area contributed by atoms with Crippen LogP contribution in [0.3, 0.4) is 0 Å². The summed E-state index contributed by atoms with van der Waals surface area (Å²) in [6.07, 6.45) is 3.44. The van der Waals surface area contributed by atoms with E-state index in [1.165, 1.54) is 0 Å². The average Bonchev–Trinajstić information content (AvgIpc) is 3.27. The molecule has 184 valence electrons. The molecule has 1 aliphatic heterocycles. The third-order valence-electron chi connectivity index (χ3n) is 5.55. The largest absolute Gasteiger partial charge is 0.462 e. The Kier molecular flexibility index (Phi) is 6.77. The molecule has 0 spiro atoms. The monoisotopic (exact) mass is 487 g/mol. The van der Waals surface area contributed by atoms with E-state index in [1.54, 1.807) is 23.1 Å². The highest BCUT2D eigenvalue weighted by Gasteiger charge is 2.27. The number of benzene rings is 1. The summed E-state index contributed by atoms with van der Waals surface area (Å²) < 4.78 is 49.6. The first-order chi connectivity index (χ1) is 16.7. The molecular weight excluding hydrogens is 463 g/mol. The predicted octanol–water partition coefficient (Wildman–Crippen LogP) is 3.15. The second-order valence-corrected chi connectivity index (χ2v) is 8.34. The molecule has 8 nitrogen and oxygen atoms in total. The van der Waals surface area contributed by atoms with Crippen LogP contribution in [0.25, 0.3) is 16.7 Å². The van der Waals surface area contributed by atoms with Gasteiger partial charge in [0.25, 0.3) is 0 Å². The van der Waals surface area contributed by atoms with Crippen molar-refractivity contribution in [3.8, 4) is 5.69 Å². The zero-order valence-corrected chi connectivity index (χ0v) is 19.5. The van der Waals surface area contributed by atoms with E-state index in [4.69, 9.17) is 4.74 Å². The molecule has 4 rings (SSSR count). The number of pyridine rings is 2. The van der Waals surface area contributed by atoms with Gasteiger partial charge in [0.05, 0.1) is 30.1 Å². The fourth-order valence-electron chi connectivity index (χ4n) is 3.93. The molecule has 11 heteroatoms. The van der Waals surface area contributed by atoms with Gasteiger partial charge < -0.3 is 14.5 Å². The maximum Gasteiger partial charge on any atom is 0.343 e. The van der Waals surface area contributed by atoms with Crippen molar-refractivity contribution in [2.75, 3.05) is 38.7 Å². The van der Waals surface area contributed by atoms with E-state index in [1.807, 2.05) is 14.1 Å². The van der Waals surface area contributed by atoms with Gasteiger partial charge in [-0.2, -0.15) is 0 Å². The molecule has 3 heterocycles. The molecule has 0 N–H and O–H groups in total. The molecular formula is C24H24F3N5O3. The van der Waals surface area contributed by atoms with Crippen LogP contribution in [0.2, 0.25) is 0 Å². The maximum atomic E-state index is 15.2. The summed E-state index contributed by atoms with van der Waals surface area (Å²) in [5, 5.41) is -0.234. The van der Waals surface area contributed by atoms with Crippen LogP contribution in [-0.2, 0) is 4.74 Å². The van der Waals surface area contributed by atoms with Crippen LogP contribution in [0.1, 0.15) is 23.7 Å². The number of aromatic nitrogens is 2. The maximum absolute atomic E-state index is 15.2. The minimum atomic E-state index is -0.948. The Hall–Kier alpha value is -3.89. The fraction of sp³-hybridized carbons (Fsp3) is 0.333. The Morgan fingerprint density at radius 1 is 1.26 bits per heavy atom. The molecule has 0 saturated carbocycles. The van der Waals surface area contributed by atoms with E-state index in [-0.39, 0.29) is 35.2 Å². The Morgan fingerprint density at radius 3 is 2.71 bits per heavy atom. The van der Waals surface area contributed by atoms with Crippen molar-refractivity contribution < 1.29 is 22.7 Å². The van der Waals surface area contributed by atoms with E-state index >= 15 is 4.39 Å². The van der Waals surface area contributed by atoms with Crippen molar-refractivity contribution in [1.82, 2.24) is 14.5 Å². The number of aliphatic imine (C=N–C) groups is 1. The van der Waals surface area contributed by atoms with E-state index in [0.717, 1.165) is 29.0 Å². The van der Waals surface area contributed by atoms with Crippen LogP contribution in [0.4, 0.5) is 19.0 Å². The fourth-order valence-corrected chi connectivity index (χ4v) is 3.93. The summed E-state index contributed by atoms with van der Waals surface area (Å²) >= 11 is 0. The quantitative estimate of drug-likeness (QED) is 0.302. The minimum absolute atomic E-state index is 0.000794. The molecule has 35 heavy (non-hydrogen) atoms. The Balaban J connectivity index is 1.89. The minimum Gasteiger partial charge on any atom is -0.462 e. The van der Waals surface area contributed by atoms with E-state index in [0.29, 0.717) is 25.6 Å². The molecule has 1 atom stereocenters. The van der Waals surface area contributed by atoms with Gasteiger partial charge in [0, 0.05) is 39.4 Å². The van der Waals surface area contributed by atoms with Gasteiger partial charge in [-0.15, -0.1) is 0 Å². The molecule has 0 aliphatic carbocycles. The standard InChI is InChI=1S/C24H24F3N5O3/c1-4-35-24(34)17-12-32(20-6-5-14(25)9-18(20)26)22-16(21(17)33)10-19(27)23(29-22)31-8-7-15(11-31)28-13-30(2)3/h5-6,9-10,12-13,15H,4,7-8,11H2,1-3H3. The molecule has 1 aromatic carbocycles. The summed E-state index contributed by atoms with van der Waals surface area (Å²) in [6.45, 7) is 2.44. The van der Waals surface area contributed by atoms with Crippen LogP contribution >= 0.6 is 0 Å². The summed E-state index contributed by atoms with van der Waals surface area (Å²) in [4.78, 5) is 37.8. The Bertz CT molecular complexity index is 1370. The lowest BCUT2D eigenvalue weighted by Gasteiger charge is -2.20. The van der Waals surface area contributed by atoms with Crippen LogP contribution in [0.5, 0.6) is 0 Å². The van der Waals surface area contributed by atoms with Crippen LogP contribution < -0.4 is 10.3 Å². The first kappa shape index (κ1) is 24.2. The number of rotatable bonds is 6. The molecule has 1 unspecified atom stereocenters. The lowest BCUT2D eigenvalue weighted by molar-refractivity contribution is 0.0524. The summed E-state index contributed by atoms with van der Waals surface area (Å²) in [5.41, 5.74) is -1.46. The number of ether oxygens (including phenoxy) is 1. The van der Waals surface area contributed by atoms with Crippen molar-refractivity contribution in [3.05, 3.63) is 63.7 Å². The third kappa shape index (κ3) is 4.84. The zero-order valence-electron chi connectivity index (χ0n) is 19.5. The van der Waals surface area contributed by atoms with Crippen LogP contribution in [0.15, 0.2) is 40.2 Å². The number of halogens is 3. The average molecular weight is 487 g/mol. The van der Waals surface area contributed by atoms with Crippen LogP contribution in [0, 0.1) is 17.5 Å². The number of hydrogen-bond acceptors (Lipinski definition) is 6. The number of hydrogen-bond donors (Lipinski definition) is 0. The van der Waals surface area contributed by atoms with E-state index in [9.17, 15) is 18.4 Å². The van der Waals surface area contributed by atoms with Gasteiger partial charge in [-0.3, -0.25) is 14.4 Å². The van der Waals surface area contributed by atoms with Crippen molar-refractivity contribution in [2.45, 2.75) is 19.4 Å². The number of carbonyl (C=O) groups excluding carboxylic acids is 1. The summed E-state index contributed by atoms with van der Waals surface area (Å²) in [5.74, 6) is -3.49. The topological polar surface area (TPSA) is 80.0 Å². The highest BCUT2D eigenvalue weighted by atomic mass is 19.1. The van der Waals surface area contributed by atoms with Gasteiger partial charge in [0.15, 0.2) is 17.3 Å². The Labute approximate surface area is 199 Å². The molecule has 0 amide bonds. The first-order valence-electron chi connectivity index (χ1n) is 11.0. The van der Waals surface area contributed by atoms with Crippen molar-refractivity contribution >= 4 is 29.2 Å². The number of fused-ring (bicyclic) bond motifs is 1. The van der Waals surface area contributed by atoms with Gasteiger partial charge >= 0.3 is 5.97 Å². The highest BCUT2D eigenvalue weighted by molar-refractivity contribution is 5.94. The molecule has 1 fully saturated rings. The van der Waals surface area contributed by atoms with E-state index < -0.39 is 34.4 Å². The third-order valence-corrected chi connectivity index (χ3v) is 5.55. The van der Waals surface area contributed by atoms with E-state index in [2.05, 4.69) is 9.98 Å². The molecule has 1 saturated heterocycles. The first-order valence-corrected chi connectivity index (χ1v) is 11.0. The highest BCUT2D eigenvalue weighted by Crippen LogP contribution is 2.27. The smallest absolute Gasteiger partial charge is 0.343 e. The Morgan fingerprint density at radius 2 is 2.03 bits per heavy atom. The van der Waals surface area contributed by atoms with Gasteiger partial charge in [-0.1, -0.05) is 0 Å². The SMILES string of the molecule is CCOC(=O)c1cn(-c2ccc(F)cc2F)c2nc(N3CCC(N=CN(C)C)C3)c(F)cc2c1=O. The van der Waals surface area contributed by atoms with Crippen molar-refractivity contribution in [2.24, 2.45) is 4.99 Å². The lowest BCUT2D eigenvalue weighted by atomic mass is 10.1. The zero-order chi connectivity index (χ0) is 25.3. The lowest BCUT2D eigenvalue weighted by Crippen LogP contribution is -2.26. The molecule has 0 bridgehead atoms.